The molecule has 0 aliphatic carbocycles. The third kappa shape index (κ3) is 3.67. The molecule has 162 valence electrons. The van der Waals surface area contributed by atoms with Gasteiger partial charge in [-0.15, -0.1) is 0 Å². The van der Waals surface area contributed by atoms with Gasteiger partial charge in [-0.25, -0.2) is 15.0 Å². The molecule has 3 aromatic rings. The van der Waals surface area contributed by atoms with Crippen LogP contribution < -0.4 is 0 Å². The number of nitrogens with zero attached hydrogens (tertiary/aromatic N) is 4. The molecule has 1 aromatic carbocycles. The molecule has 0 saturated carbocycles. The molecule has 2 saturated heterocycles. The zero-order valence-electron chi connectivity index (χ0n) is 16.8. The maximum atomic E-state index is 11.6. The highest BCUT2D eigenvalue weighted by atomic mass is 35.5. The van der Waals surface area contributed by atoms with E-state index in [-0.39, 0.29) is 30.4 Å². The van der Waals surface area contributed by atoms with Crippen LogP contribution in [0, 0.1) is 5.92 Å². The topological polar surface area (TPSA) is 97.6 Å². The summed E-state index contributed by atoms with van der Waals surface area (Å²) < 4.78 is 25.9. The summed E-state index contributed by atoms with van der Waals surface area (Å²) in [6.45, 7) is 2.46. The lowest BCUT2D eigenvalue weighted by Gasteiger charge is -2.37. The summed E-state index contributed by atoms with van der Waals surface area (Å²) >= 11 is 6.17. The number of esters is 1. The first-order chi connectivity index (χ1) is 15.1. The third-order valence-corrected chi connectivity index (χ3v) is 5.94. The van der Waals surface area contributed by atoms with Crippen LogP contribution in [0.5, 0.6) is 0 Å². The Balaban J connectivity index is 1.49. The van der Waals surface area contributed by atoms with Crippen LogP contribution in [-0.2, 0) is 30.3 Å². The minimum Gasteiger partial charge on any atom is -0.463 e. The van der Waals surface area contributed by atoms with Gasteiger partial charge in [0.15, 0.2) is 16.4 Å². The zero-order chi connectivity index (χ0) is 21.4. The van der Waals surface area contributed by atoms with Crippen LogP contribution in [-0.4, -0.2) is 57.0 Å². The van der Waals surface area contributed by atoms with E-state index in [1.54, 1.807) is 6.33 Å². The first kappa shape index (κ1) is 20.3. The van der Waals surface area contributed by atoms with Crippen molar-refractivity contribution >= 4 is 28.7 Å². The van der Waals surface area contributed by atoms with E-state index in [2.05, 4.69) is 15.0 Å². The van der Waals surface area contributed by atoms with E-state index in [1.165, 1.54) is 13.3 Å². The Morgan fingerprint density at radius 3 is 2.94 bits per heavy atom. The number of fused-ring (bicyclic) bond motifs is 3. The Morgan fingerprint density at radius 1 is 1.29 bits per heavy atom. The van der Waals surface area contributed by atoms with Gasteiger partial charge >= 0.3 is 5.97 Å². The molecule has 9 nitrogen and oxygen atoms in total. The van der Waals surface area contributed by atoms with Gasteiger partial charge in [0.25, 0.3) is 0 Å². The lowest BCUT2D eigenvalue weighted by Crippen LogP contribution is -2.54. The molecule has 4 heterocycles. The molecule has 0 N–H and O–H groups in total. The molecule has 2 aromatic heterocycles. The number of hydrogen-bond acceptors (Lipinski definition) is 8. The molecule has 4 atom stereocenters. The minimum absolute atomic E-state index is 0.0250. The van der Waals surface area contributed by atoms with Gasteiger partial charge < -0.3 is 18.9 Å². The Labute approximate surface area is 183 Å². The SMILES string of the molecule is CC(=O)OC[C@@]12COC[C@@H]([C@H](n3cnc4c(Cl)ncnc43)O1)[C@@H]2OCc1ccccc1. The summed E-state index contributed by atoms with van der Waals surface area (Å²) in [5.74, 6) is -0.558. The fourth-order valence-electron chi connectivity index (χ4n) is 4.28. The standard InChI is InChI=1S/C21H21ClN4O5/c1-13(27)30-10-21-9-28-8-15(17(21)29-7-14-5-3-2-4-6-14)20(31-21)26-12-25-16-18(22)23-11-24-19(16)26/h2-6,11-12,15,17,20H,7-10H2,1H3/t15-,17+,20-,21-/m1/s1. The van der Waals surface area contributed by atoms with Crippen LogP contribution in [0.2, 0.25) is 5.15 Å². The van der Waals surface area contributed by atoms with Crippen molar-refractivity contribution in [3.8, 4) is 0 Å². The Hall–Kier alpha value is -2.59. The van der Waals surface area contributed by atoms with Gasteiger partial charge in [0.1, 0.15) is 30.8 Å². The number of imidazole rings is 1. The second-order valence-electron chi connectivity index (χ2n) is 7.74. The molecule has 10 heteroatoms. The molecular weight excluding hydrogens is 424 g/mol. The number of halogens is 1. The number of benzene rings is 1. The molecule has 31 heavy (non-hydrogen) atoms. The van der Waals surface area contributed by atoms with Crippen molar-refractivity contribution in [2.75, 3.05) is 19.8 Å². The lowest BCUT2D eigenvalue weighted by molar-refractivity contribution is -0.193. The van der Waals surface area contributed by atoms with Gasteiger partial charge in [0.2, 0.25) is 0 Å². The van der Waals surface area contributed by atoms with Crippen LogP contribution in [0.3, 0.4) is 0 Å². The fraction of sp³-hybridized carbons (Fsp3) is 0.429. The second kappa shape index (κ2) is 8.16. The molecular formula is C21H21ClN4O5. The molecule has 0 unspecified atom stereocenters. The molecule has 0 amide bonds. The van der Waals surface area contributed by atoms with Gasteiger partial charge in [0, 0.05) is 6.92 Å². The molecule has 0 radical (unpaired) electrons. The van der Waals surface area contributed by atoms with Crippen LogP contribution in [0.15, 0.2) is 43.0 Å². The highest BCUT2D eigenvalue weighted by molar-refractivity contribution is 6.33. The van der Waals surface area contributed by atoms with Gasteiger partial charge in [0.05, 0.1) is 32.1 Å². The number of ether oxygens (including phenoxy) is 4. The molecule has 2 bridgehead atoms. The van der Waals surface area contributed by atoms with Gasteiger partial charge in [-0.3, -0.25) is 9.36 Å². The number of rotatable bonds is 6. The molecule has 2 aliphatic rings. The van der Waals surface area contributed by atoms with E-state index in [9.17, 15) is 4.79 Å². The van der Waals surface area contributed by atoms with Crippen molar-refractivity contribution in [3.05, 3.63) is 53.7 Å². The molecule has 2 fully saturated rings. The van der Waals surface area contributed by atoms with E-state index in [4.69, 9.17) is 30.5 Å². The first-order valence-corrected chi connectivity index (χ1v) is 10.3. The van der Waals surface area contributed by atoms with Crippen LogP contribution in [0.1, 0.15) is 18.7 Å². The van der Waals surface area contributed by atoms with Crippen molar-refractivity contribution in [2.24, 2.45) is 5.92 Å². The predicted octanol–water partition coefficient (Wildman–Crippen LogP) is 2.54. The zero-order valence-corrected chi connectivity index (χ0v) is 17.6. The smallest absolute Gasteiger partial charge is 0.302 e. The fourth-order valence-corrected chi connectivity index (χ4v) is 4.46. The highest BCUT2D eigenvalue weighted by Gasteiger charge is 2.60. The summed E-state index contributed by atoms with van der Waals surface area (Å²) in [6, 6.07) is 9.89. The minimum atomic E-state index is -0.943. The maximum Gasteiger partial charge on any atom is 0.302 e. The summed E-state index contributed by atoms with van der Waals surface area (Å²) in [6.07, 6.45) is 2.18. The van der Waals surface area contributed by atoms with Crippen LogP contribution in [0.25, 0.3) is 11.2 Å². The monoisotopic (exact) mass is 444 g/mol. The van der Waals surface area contributed by atoms with Crippen molar-refractivity contribution in [2.45, 2.75) is 31.5 Å². The van der Waals surface area contributed by atoms with E-state index in [0.717, 1.165) is 5.56 Å². The average molecular weight is 445 g/mol. The van der Waals surface area contributed by atoms with E-state index >= 15 is 0 Å². The highest BCUT2D eigenvalue weighted by Crippen LogP contribution is 2.48. The number of aromatic nitrogens is 4. The summed E-state index contributed by atoms with van der Waals surface area (Å²) in [7, 11) is 0. The average Bonchev–Trinajstić information content (AvgIpc) is 3.27. The van der Waals surface area contributed by atoms with Crippen molar-refractivity contribution in [1.29, 1.82) is 0 Å². The quantitative estimate of drug-likeness (QED) is 0.422. The largest absolute Gasteiger partial charge is 0.463 e. The van der Waals surface area contributed by atoms with E-state index in [1.807, 2.05) is 34.9 Å². The second-order valence-corrected chi connectivity index (χ2v) is 8.10. The third-order valence-electron chi connectivity index (χ3n) is 5.67. The van der Waals surface area contributed by atoms with Gasteiger partial charge in [-0.1, -0.05) is 41.9 Å². The molecule has 0 spiro atoms. The Morgan fingerprint density at radius 2 is 2.13 bits per heavy atom. The first-order valence-electron chi connectivity index (χ1n) is 9.95. The summed E-state index contributed by atoms with van der Waals surface area (Å²) in [5.41, 5.74) is 1.15. The van der Waals surface area contributed by atoms with Crippen LogP contribution in [0.4, 0.5) is 0 Å². The number of carbonyl (C=O) groups is 1. The lowest BCUT2D eigenvalue weighted by atomic mass is 9.88. The normalized spacial score (nSPS) is 27.5. The van der Waals surface area contributed by atoms with E-state index < -0.39 is 17.8 Å². The summed E-state index contributed by atoms with van der Waals surface area (Å²) in [5, 5.41) is 0.271. The number of hydrogen-bond donors (Lipinski definition) is 0. The Kier molecular flexibility index (Phi) is 5.35. The van der Waals surface area contributed by atoms with E-state index in [0.29, 0.717) is 24.4 Å². The van der Waals surface area contributed by atoms with Crippen molar-refractivity contribution in [1.82, 2.24) is 19.5 Å². The molecule has 2 aliphatic heterocycles. The Bertz CT molecular complexity index is 1090. The predicted molar refractivity (Wildman–Crippen MR) is 109 cm³/mol. The van der Waals surface area contributed by atoms with Crippen LogP contribution >= 0.6 is 11.6 Å². The maximum absolute atomic E-state index is 11.6. The van der Waals surface area contributed by atoms with Crippen molar-refractivity contribution in [3.63, 3.8) is 0 Å². The summed E-state index contributed by atoms with van der Waals surface area (Å²) in [4.78, 5) is 24.2. The van der Waals surface area contributed by atoms with Gasteiger partial charge in [-0.2, -0.15) is 0 Å². The van der Waals surface area contributed by atoms with Crippen molar-refractivity contribution < 1.29 is 23.7 Å². The molecule has 5 rings (SSSR count). The number of carbonyl (C=O) groups excluding carboxylic acids is 1. The van der Waals surface area contributed by atoms with Gasteiger partial charge in [-0.05, 0) is 5.56 Å².